The number of rotatable bonds is 3. The van der Waals surface area contributed by atoms with Gasteiger partial charge in [-0.25, -0.2) is 10.0 Å². The summed E-state index contributed by atoms with van der Waals surface area (Å²) in [4.78, 5) is 29.7. The van der Waals surface area contributed by atoms with Crippen molar-refractivity contribution in [3.05, 3.63) is 35.4 Å². The number of hydrogen-bond acceptors (Lipinski definition) is 5. The third-order valence-electron chi connectivity index (χ3n) is 5.18. The van der Waals surface area contributed by atoms with E-state index in [0.717, 1.165) is 50.5 Å². The molecule has 0 spiro atoms. The molecule has 1 aromatic rings. The molecule has 3 heterocycles. The van der Waals surface area contributed by atoms with Gasteiger partial charge in [-0.1, -0.05) is 24.3 Å². The number of hydrazine groups is 1. The van der Waals surface area contributed by atoms with Gasteiger partial charge in [0.15, 0.2) is 0 Å². The second-order valence-electron chi connectivity index (χ2n) is 6.84. The highest BCUT2D eigenvalue weighted by atomic mass is 16.5. The van der Waals surface area contributed by atoms with E-state index in [1.807, 2.05) is 29.2 Å². The Kier molecular flexibility index (Phi) is 4.70. The molecule has 134 valence electrons. The van der Waals surface area contributed by atoms with Crippen molar-refractivity contribution in [2.24, 2.45) is 0 Å². The summed E-state index contributed by atoms with van der Waals surface area (Å²) < 4.78 is 5.36. The van der Waals surface area contributed by atoms with Crippen molar-refractivity contribution in [1.82, 2.24) is 19.8 Å². The van der Waals surface area contributed by atoms with E-state index >= 15 is 0 Å². The lowest BCUT2D eigenvalue weighted by atomic mass is 10.1. The molecule has 3 aliphatic rings. The van der Waals surface area contributed by atoms with E-state index in [9.17, 15) is 9.59 Å². The van der Waals surface area contributed by atoms with Gasteiger partial charge in [0.25, 0.3) is 11.8 Å². The average Bonchev–Trinajstić information content (AvgIpc) is 2.76. The quantitative estimate of drug-likeness (QED) is 0.768. The van der Waals surface area contributed by atoms with E-state index in [0.29, 0.717) is 26.2 Å². The Hall–Kier alpha value is -1.96. The number of benzene rings is 1. The lowest BCUT2D eigenvalue weighted by Crippen LogP contribution is -2.50. The van der Waals surface area contributed by atoms with Gasteiger partial charge < -0.3 is 4.74 Å². The first-order valence-electron chi connectivity index (χ1n) is 8.90. The minimum Gasteiger partial charge on any atom is -0.379 e. The zero-order chi connectivity index (χ0) is 17.2. The van der Waals surface area contributed by atoms with Crippen LogP contribution >= 0.6 is 0 Å². The zero-order valence-corrected chi connectivity index (χ0v) is 14.4. The van der Waals surface area contributed by atoms with Crippen LogP contribution in [0.1, 0.15) is 11.1 Å². The lowest BCUT2D eigenvalue weighted by molar-refractivity contribution is -0.164. The first-order valence-corrected chi connectivity index (χ1v) is 8.90. The van der Waals surface area contributed by atoms with Gasteiger partial charge in [0.2, 0.25) is 0 Å². The molecule has 0 aliphatic carbocycles. The van der Waals surface area contributed by atoms with Crippen LogP contribution in [0.15, 0.2) is 24.3 Å². The average molecular weight is 344 g/mol. The number of ether oxygens (including phenoxy) is 1. The molecule has 0 bridgehead atoms. The zero-order valence-electron chi connectivity index (χ0n) is 14.4. The number of nitrogens with zero attached hydrogens (tertiary/aromatic N) is 4. The van der Waals surface area contributed by atoms with Crippen molar-refractivity contribution in [3.63, 3.8) is 0 Å². The molecule has 0 radical (unpaired) electrons. The van der Waals surface area contributed by atoms with Crippen LogP contribution in [-0.2, 0) is 27.4 Å². The molecule has 4 rings (SSSR count). The summed E-state index contributed by atoms with van der Waals surface area (Å²) in [6, 6.07) is 8.03. The Bertz CT molecular complexity index is 614. The molecule has 7 heteroatoms. The molecule has 0 saturated carbocycles. The predicted molar refractivity (Wildman–Crippen MR) is 91.2 cm³/mol. The predicted octanol–water partition coefficient (Wildman–Crippen LogP) is -0.0798. The standard InChI is InChI=1S/C18H24N4O3/c23-17-13-20(6-5-19-7-9-25-10-8-19)14-18(24)22-12-16-4-2-1-3-15(16)11-21(17)22/h1-4H,5-14H2. The summed E-state index contributed by atoms with van der Waals surface area (Å²) in [5, 5.41) is 3.25. The molecule has 2 amide bonds. The Labute approximate surface area is 147 Å². The van der Waals surface area contributed by atoms with Gasteiger partial charge in [-0.05, 0) is 11.1 Å². The third-order valence-corrected chi connectivity index (χ3v) is 5.18. The van der Waals surface area contributed by atoms with E-state index in [2.05, 4.69) is 4.90 Å². The van der Waals surface area contributed by atoms with Crippen molar-refractivity contribution in [1.29, 1.82) is 0 Å². The summed E-state index contributed by atoms with van der Waals surface area (Å²) in [7, 11) is 0. The van der Waals surface area contributed by atoms with Crippen LogP contribution in [0.3, 0.4) is 0 Å². The Morgan fingerprint density at radius 2 is 1.28 bits per heavy atom. The molecule has 25 heavy (non-hydrogen) atoms. The number of amides is 2. The SMILES string of the molecule is O=C1CN(CCN2CCOCC2)CC(=O)N2Cc3ccccc3CN12. The van der Waals surface area contributed by atoms with Crippen LogP contribution in [0.2, 0.25) is 0 Å². The normalized spacial score (nSPS) is 22.6. The summed E-state index contributed by atoms with van der Waals surface area (Å²) in [5.74, 6) is 0.00432. The lowest BCUT2D eigenvalue weighted by Gasteiger charge is -2.37. The van der Waals surface area contributed by atoms with Crippen molar-refractivity contribution in [2.75, 3.05) is 52.5 Å². The molecule has 2 saturated heterocycles. The summed E-state index contributed by atoms with van der Waals surface area (Å²) in [6.45, 7) is 6.53. The van der Waals surface area contributed by atoms with Crippen molar-refractivity contribution in [2.45, 2.75) is 13.1 Å². The minimum absolute atomic E-state index is 0.00216. The Morgan fingerprint density at radius 3 is 1.84 bits per heavy atom. The summed E-state index contributed by atoms with van der Waals surface area (Å²) in [6.07, 6.45) is 0. The van der Waals surface area contributed by atoms with E-state index in [1.54, 1.807) is 10.0 Å². The van der Waals surface area contributed by atoms with Crippen LogP contribution in [0.4, 0.5) is 0 Å². The molecule has 3 aliphatic heterocycles. The number of carbonyl (C=O) groups excluding carboxylic acids is 2. The van der Waals surface area contributed by atoms with E-state index < -0.39 is 0 Å². The second-order valence-corrected chi connectivity index (χ2v) is 6.84. The number of fused-ring (bicyclic) bond motifs is 2. The van der Waals surface area contributed by atoms with Gasteiger partial charge in [-0.2, -0.15) is 0 Å². The van der Waals surface area contributed by atoms with Crippen LogP contribution in [-0.4, -0.2) is 84.1 Å². The molecule has 2 fully saturated rings. The number of carbonyl (C=O) groups is 2. The first-order chi connectivity index (χ1) is 12.2. The molecular formula is C18H24N4O3. The van der Waals surface area contributed by atoms with Crippen LogP contribution in [0.25, 0.3) is 0 Å². The van der Waals surface area contributed by atoms with Crippen molar-refractivity contribution in [3.8, 4) is 0 Å². The smallest absolute Gasteiger partial charge is 0.255 e. The van der Waals surface area contributed by atoms with E-state index in [-0.39, 0.29) is 11.8 Å². The fourth-order valence-corrected chi connectivity index (χ4v) is 3.67. The van der Waals surface area contributed by atoms with Crippen LogP contribution in [0, 0.1) is 0 Å². The third kappa shape index (κ3) is 3.53. The van der Waals surface area contributed by atoms with Crippen LogP contribution in [0.5, 0.6) is 0 Å². The molecule has 7 nitrogen and oxygen atoms in total. The monoisotopic (exact) mass is 344 g/mol. The maximum absolute atomic E-state index is 12.7. The molecular weight excluding hydrogens is 320 g/mol. The largest absolute Gasteiger partial charge is 0.379 e. The highest BCUT2D eigenvalue weighted by Crippen LogP contribution is 2.24. The maximum atomic E-state index is 12.7. The molecule has 0 N–H and O–H groups in total. The second kappa shape index (κ2) is 7.11. The molecule has 0 unspecified atom stereocenters. The summed E-state index contributed by atoms with van der Waals surface area (Å²) >= 11 is 0. The first kappa shape index (κ1) is 16.5. The van der Waals surface area contributed by atoms with Crippen molar-refractivity contribution < 1.29 is 14.3 Å². The molecule has 1 aromatic carbocycles. The number of hydrogen-bond donors (Lipinski definition) is 0. The summed E-state index contributed by atoms with van der Waals surface area (Å²) in [5.41, 5.74) is 2.25. The van der Waals surface area contributed by atoms with Gasteiger partial charge in [0.1, 0.15) is 0 Å². The molecule has 0 atom stereocenters. The van der Waals surface area contributed by atoms with Crippen molar-refractivity contribution >= 4 is 11.8 Å². The van der Waals surface area contributed by atoms with Gasteiger partial charge in [-0.3, -0.25) is 19.4 Å². The van der Waals surface area contributed by atoms with Gasteiger partial charge in [0.05, 0.1) is 39.4 Å². The van der Waals surface area contributed by atoms with E-state index in [4.69, 9.17) is 4.74 Å². The molecule has 0 aromatic heterocycles. The van der Waals surface area contributed by atoms with Gasteiger partial charge >= 0.3 is 0 Å². The highest BCUT2D eigenvalue weighted by Gasteiger charge is 2.35. The fourth-order valence-electron chi connectivity index (χ4n) is 3.67. The maximum Gasteiger partial charge on any atom is 0.255 e. The van der Waals surface area contributed by atoms with Gasteiger partial charge in [-0.15, -0.1) is 0 Å². The van der Waals surface area contributed by atoms with Gasteiger partial charge in [0, 0.05) is 26.2 Å². The Morgan fingerprint density at radius 1 is 0.760 bits per heavy atom. The highest BCUT2D eigenvalue weighted by molar-refractivity contribution is 5.87. The minimum atomic E-state index is 0.00216. The topological polar surface area (TPSA) is 56.3 Å². The number of morpholine rings is 1. The fraction of sp³-hybridized carbons (Fsp3) is 0.556. The van der Waals surface area contributed by atoms with E-state index in [1.165, 1.54) is 0 Å². The Balaban J connectivity index is 1.43. The van der Waals surface area contributed by atoms with Crippen LogP contribution < -0.4 is 0 Å².